The number of fused-ring (bicyclic) bond motifs is 1. The summed E-state index contributed by atoms with van der Waals surface area (Å²) in [4.78, 5) is 34.5. The van der Waals surface area contributed by atoms with E-state index in [1.54, 1.807) is 0 Å². The Bertz CT molecular complexity index is 1240. The first-order valence-electron chi connectivity index (χ1n) is 11.5. The number of nitrogens with one attached hydrogen (secondary N) is 3. The lowest BCUT2D eigenvalue weighted by molar-refractivity contribution is -0.128. The van der Waals surface area contributed by atoms with Gasteiger partial charge in [0.25, 0.3) is 5.91 Å². The Labute approximate surface area is 201 Å². The van der Waals surface area contributed by atoms with Crippen molar-refractivity contribution in [3.63, 3.8) is 0 Å². The molecule has 0 saturated carbocycles. The summed E-state index contributed by atoms with van der Waals surface area (Å²) in [6, 6.07) is 9.53. The first kappa shape index (κ1) is 25.1. The smallest absolute Gasteiger partial charge is 0.256 e. The SMILES string of the molecule is Cc1ccc(CNC(=O)C(C)(C)C)c(C)c1C(=O)Nc1cccc2c(NC(C)(C)C)ncnc12. The van der Waals surface area contributed by atoms with E-state index >= 15 is 0 Å². The number of carbonyl (C=O) groups is 2. The van der Waals surface area contributed by atoms with Gasteiger partial charge in [0.15, 0.2) is 0 Å². The molecule has 2 amide bonds. The van der Waals surface area contributed by atoms with Crippen LogP contribution in [-0.4, -0.2) is 27.3 Å². The monoisotopic (exact) mass is 461 g/mol. The van der Waals surface area contributed by atoms with Crippen molar-refractivity contribution in [1.29, 1.82) is 0 Å². The van der Waals surface area contributed by atoms with Gasteiger partial charge in [0.2, 0.25) is 5.91 Å². The molecule has 7 nitrogen and oxygen atoms in total. The van der Waals surface area contributed by atoms with Gasteiger partial charge >= 0.3 is 0 Å². The quantitative estimate of drug-likeness (QED) is 0.475. The number of aryl methyl sites for hydroxylation is 1. The minimum atomic E-state index is -0.476. The van der Waals surface area contributed by atoms with Crippen molar-refractivity contribution in [3.05, 3.63) is 58.9 Å². The molecule has 7 heteroatoms. The molecule has 0 fully saturated rings. The largest absolute Gasteiger partial charge is 0.365 e. The minimum Gasteiger partial charge on any atom is -0.365 e. The average molecular weight is 462 g/mol. The number of hydrogen-bond donors (Lipinski definition) is 3. The number of nitrogens with zero attached hydrogens (tertiary/aromatic N) is 2. The zero-order valence-electron chi connectivity index (χ0n) is 21.4. The third-order valence-corrected chi connectivity index (χ3v) is 5.54. The number of rotatable bonds is 5. The molecule has 0 radical (unpaired) electrons. The van der Waals surface area contributed by atoms with E-state index in [9.17, 15) is 9.59 Å². The summed E-state index contributed by atoms with van der Waals surface area (Å²) < 4.78 is 0. The maximum absolute atomic E-state index is 13.4. The summed E-state index contributed by atoms with van der Waals surface area (Å²) in [5.41, 5.74) is 3.86. The lowest BCUT2D eigenvalue weighted by Gasteiger charge is -2.22. The van der Waals surface area contributed by atoms with Gasteiger partial charge in [-0.3, -0.25) is 9.59 Å². The fourth-order valence-electron chi connectivity index (χ4n) is 3.70. The molecule has 2 aromatic carbocycles. The topological polar surface area (TPSA) is 96.0 Å². The Morgan fingerprint density at radius 3 is 2.29 bits per heavy atom. The van der Waals surface area contributed by atoms with Crippen molar-refractivity contribution < 1.29 is 9.59 Å². The second kappa shape index (κ2) is 9.41. The second-order valence-electron chi connectivity index (χ2n) is 10.7. The predicted molar refractivity (Wildman–Crippen MR) is 138 cm³/mol. The van der Waals surface area contributed by atoms with Crippen LogP contribution in [0.5, 0.6) is 0 Å². The highest BCUT2D eigenvalue weighted by molar-refractivity contribution is 6.10. The van der Waals surface area contributed by atoms with Crippen LogP contribution in [0.1, 0.15) is 68.6 Å². The first-order chi connectivity index (χ1) is 15.8. The molecule has 0 atom stereocenters. The van der Waals surface area contributed by atoms with Crippen molar-refractivity contribution >= 4 is 34.2 Å². The fraction of sp³-hybridized carbons (Fsp3) is 0.407. The van der Waals surface area contributed by atoms with Gasteiger partial charge in [-0.05, 0) is 63.4 Å². The Morgan fingerprint density at radius 2 is 1.65 bits per heavy atom. The number of benzene rings is 2. The van der Waals surface area contributed by atoms with Crippen LogP contribution in [0.25, 0.3) is 10.9 Å². The zero-order valence-corrected chi connectivity index (χ0v) is 21.4. The summed E-state index contributed by atoms with van der Waals surface area (Å²) in [6.45, 7) is 16.0. The fourth-order valence-corrected chi connectivity index (χ4v) is 3.70. The third kappa shape index (κ3) is 5.71. The molecule has 180 valence electrons. The van der Waals surface area contributed by atoms with Gasteiger partial charge in [0.05, 0.1) is 11.2 Å². The van der Waals surface area contributed by atoms with Gasteiger partial charge in [-0.2, -0.15) is 0 Å². The van der Waals surface area contributed by atoms with Crippen LogP contribution in [0.2, 0.25) is 0 Å². The van der Waals surface area contributed by atoms with E-state index < -0.39 is 5.41 Å². The molecule has 0 unspecified atom stereocenters. The Kier molecular flexibility index (Phi) is 6.96. The van der Waals surface area contributed by atoms with Crippen LogP contribution in [0.15, 0.2) is 36.7 Å². The number of amides is 2. The van der Waals surface area contributed by atoms with Gasteiger partial charge in [-0.1, -0.05) is 39.0 Å². The van der Waals surface area contributed by atoms with E-state index in [4.69, 9.17) is 0 Å². The minimum absolute atomic E-state index is 0.0337. The molecule has 3 aromatic rings. The van der Waals surface area contributed by atoms with Crippen LogP contribution in [0, 0.1) is 19.3 Å². The average Bonchev–Trinajstić information content (AvgIpc) is 2.72. The van der Waals surface area contributed by atoms with Gasteiger partial charge in [-0.15, -0.1) is 0 Å². The predicted octanol–water partition coefficient (Wildman–Crippen LogP) is 5.37. The van der Waals surface area contributed by atoms with E-state index in [1.807, 2.05) is 65.0 Å². The number of hydrogen-bond acceptors (Lipinski definition) is 5. The maximum atomic E-state index is 13.4. The molecular weight excluding hydrogens is 426 g/mol. The summed E-state index contributed by atoms with van der Waals surface area (Å²) in [6.07, 6.45) is 1.50. The molecule has 34 heavy (non-hydrogen) atoms. The first-order valence-corrected chi connectivity index (χ1v) is 11.5. The van der Waals surface area contributed by atoms with Gasteiger partial charge in [-0.25, -0.2) is 9.97 Å². The molecule has 3 N–H and O–H groups in total. The van der Waals surface area contributed by atoms with Gasteiger partial charge < -0.3 is 16.0 Å². The molecule has 0 aliphatic rings. The molecule has 1 heterocycles. The van der Waals surface area contributed by atoms with Crippen LogP contribution >= 0.6 is 0 Å². The van der Waals surface area contributed by atoms with Crippen LogP contribution < -0.4 is 16.0 Å². The van der Waals surface area contributed by atoms with E-state index in [1.165, 1.54) is 6.33 Å². The van der Waals surface area contributed by atoms with E-state index in [2.05, 4.69) is 46.7 Å². The number of anilines is 2. The highest BCUT2D eigenvalue weighted by atomic mass is 16.2. The lowest BCUT2D eigenvalue weighted by atomic mass is 9.94. The van der Waals surface area contributed by atoms with Gasteiger partial charge in [0.1, 0.15) is 12.1 Å². The van der Waals surface area contributed by atoms with Gasteiger partial charge in [0, 0.05) is 28.4 Å². The van der Waals surface area contributed by atoms with Crippen LogP contribution in [-0.2, 0) is 11.3 Å². The van der Waals surface area contributed by atoms with E-state index in [-0.39, 0.29) is 17.4 Å². The lowest BCUT2D eigenvalue weighted by Crippen LogP contribution is -2.34. The van der Waals surface area contributed by atoms with Crippen molar-refractivity contribution in [2.75, 3.05) is 10.6 Å². The summed E-state index contributed by atoms with van der Waals surface area (Å²) in [5.74, 6) is 0.474. The second-order valence-corrected chi connectivity index (χ2v) is 10.7. The number of carbonyl (C=O) groups excluding carboxylic acids is 2. The Balaban J connectivity index is 1.91. The molecule has 0 saturated heterocycles. The molecule has 0 spiro atoms. The normalized spacial score (nSPS) is 11.9. The van der Waals surface area contributed by atoms with E-state index in [0.29, 0.717) is 23.3 Å². The van der Waals surface area contributed by atoms with Crippen molar-refractivity contribution in [2.45, 2.75) is 67.5 Å². The van der Waals surface area contributed by atoms with Crippen molar-refractivity contribution in [3.8, 4) is 0 Å². The zero-order chi connectivity index (χ0) is 25.3. The highest BCUT2D eigenvalue weighted by Gasteiger charge is 2.22. The van der Waals surface area contributed by atoms with Crippen molar-refractivity contribution in [2.24, 2.45) is 5.41 Å². The molecule has 0 bridgehead atoms. The molecule has 0 aliphatic carbocycles. The van der Waals surface area contributed by atoms with Crippen LogP contribution in [0.4, 0.5) is 11.5 Å². The van der Waals surface area contributed by atoms with Crippen molar-refractivity contribution in [1.82, 2.24) is 15.3 Å². The van der Waals surface area contributed by atoms with Crippen LogP contribution in [0.3, 0.4) is 0 Å². The summed E-state index contributed by atoms with van der Waals surface area (Å²) >= 11 is 0. The molecule has 0 aliphatic heterocycles. The molecule has 3 rings (SSSR count). The number of aromatic nitrogens is 2. The molecule has 1 aromatic heterocycles. The molecular formula is C27H35N5O2. The van der Waals surface area contributed by atoms with E-state index in [0.717, 1.165) is 27.9 Å². The Hall–Kier alpha value is -3.48. The maximum Gasteiger partial charge on any atom is 0.256 e. The Morgan fingerprint density at radius 1 is 0.941 bits per heavy atom. The number of para-hydroxylation sites is 1. The third-order valence-electron chi connectivity index (χ3n) is 5.54. The standard InChI is InChI=1S/C27H35N5O2/c1-16-12-13-18(14-28-25(34)26(3,4)5)17(2)21(16)24(33)31-20-11-9-10-19-22(20)29-15-30-23(19)32-27(6,7)8/h9-13,15H,14H2,1-8H3,(H,28,34)(H,31,33)(H,29,30,32). The highest BCUT2D eigenvalue weighted by Crippen LogP contribution is 2.28. The summed E-state index contributed by atoms with van der Waals surface area (Å²) in [5, 5.41) is 10.2. The summed E-state index contributed by atoms with van der Waals surface area (Å²) in [7, 11) is 0.